The van der Waals surface area contributed by atoms with Gasteiger partial charge in [0, 0.05) is 12.3 Å². The summed E-state index contributed by atoms with van der Waals surface area (Å²) in [4.78, 5) is 11.4. The fourth-order valence-electron chi connectivity index (χ4n) is 1.68. The van der Waals surface area contributed by atoms with Crippen molar-refractivity contribution in [3.63, 3.8) is 0 Å². The molecule has 0 aliphatic carbocycles. The van der Waals surface area contributed by atoms with Gasteiger partial charge in [0.25, 0.3) is 0 Å². The largest absolute Gasteiger partial charge is 0.300 e. The van der Waals surface area contributed by atoms with Crippen LogP contribution in [0.5, 0.6) is 0 Å². The van der Waals surface area contributed by atoms with Gasteiger partial charge in [0.2, 0.25) is 0 Å². The predicted octanol–water partition coefficient (Wildman–Crippen LogP) is 5.21. The zero-order chi connectivity index (χ0) is 15.1. The Morgan fingerprint density at radius 2 is 1.79 bits per heavy atom. The van der Waals surface area contributed by atoms with E-state index >= 15 is 0 Å². The molecular weight excluding hydrogens is 248 g/mol. The fraction of sp³-hybridized carbons (Fsp3) is 0.824. The molecule has 0 aliphatic rings. The molecule has 0 aliphatic heterocycles. The second-order valence-corrected chi connectivity index (χ2v) is 12.2. The smallest absolute Gasteiger partial charge is 0.137 e. The Balaban J connectivity index is 4.76. The summed E-state index contributed by atoms with van der Waals surface area (Å²) in [6.07, 6.45) is 5.37. The van der Waals surface area contributed by atoms with Gasteiger partial charge in [-0.2, -0.15) is 0 Å². The lowest BCUT2D eigenvalue weighted by molar-refractivity contribution is -0.117. The Kier molecular flexibility index (Phi) is 7.67. The van der Waals surface area contributed by atoms with E-state index < -0.39 is 8.07 Å². The highest BCUT2D eigenvalue weighted by molar-refractivity contribution is 6.87. The number of carbonyl (C=O) groups excluding carboxylic acids is 1. The molecule has 19 heavy (non-hydrogen) atoms. The van der Waals surface area contributed by atoms with Gasteiger partial charge < -0.3 is 0 Å². The average molecular weight is 281 g/mol. The zero-order valence-electron chi connectivity index (χ0n) is 14.0. The molecule has 0 unspecified atom stereocenters. The van der Waals surface area contributed by atoms with Gasteiger partial charge in [-0.3, -0.25) is 4.79 Å². The number of carbonyl (C=O) groups is 1. The van der Waals surface area contributed by atoms with Crippen LogP contribution in [0.2, 0.25) is 18.1 Å². The Hall–Kier alpha value is -0.553. The van der Waals surface area contributed by atoms with Gasteiger partial charge in [0.05, 0.1) is 0 Å². The molecule has 0 amide bonds. The van der Waals surface area contributed by atoms with Crippen LogP contribution in [0.1, 0.15) is 66.7 Å². The second-order valence-electron chi connectivity index (χ2n) is 7.24. The fourth-order valence-corrected chi connectivity index (χ4v) is 2.62. The van der Waals surface area contributed by atoms with Crippen LogP contribution in [-0.4, -0.2) is 13.9 Å². The molecule has 0 spiro atoms. The third-order valence-electron chi connectivity index (χ3n) is 4.15. The van der Waals surface area contributed by atoms with Crippen LogP contribution in [0, 0.1) is 17.4 Å². The molecule has 0 bridgehead atoms. The zero-order valence-corrected chi connectivity index (χ0v) is 15.0. The second kappa shape index (κ2) is 7.90. The normalized spacial score (nSPS) is 13.6. The Bertz CT molecular complexity index is 338. The monoisotopic (exact) mass is 280 g/mol. The Morgan fingerprint density at radius 3 is 2.21 bits per heavy atom. The van der Waals surface area contributed by atoms with Crippen molar-refractivity contribution in [2.45, 2.75) is 84.9 Å². The van der Waals surface area contributed by atoms with E-state index in [-0.39, 0.29) is 11.7 Å². The van der Waals surface area contributed by atoms with Gasteiger partial charge in [-0.1, -0.05) is 60.1 Å². The van der Waals surface area contributed by atoms with Gasteiger partial charge >= 0.3 is 0 Å². The highest BCUT2D eigenvalue weighted by Gasteiger charge is 2.33. The number of Topliss-reactive ketones (excluding diaryl/α,β-unsaturated/α-hetero) is 1. The molecule has 0 rings (SSSR count). The van der Waals surface area contributed by atoms with E-state index in [4.69, 9.17) is 0 Å². The topological polar surface area (TPSA) is 17.1 Å². The third kappa shape index (κ3) is 7.57. The molecule has 0 fully saturated rings. The molecule has 1 atom stereocenters. The summed E-state index contributed by atoms with van der Waals surface area (Å²) < 4.78 is 0. The van der Waals surface area contributed by atoms with E-state index in [1.165, 1.54) is 19.3 Å². The summed E-state index contributed by atoms with van der Waals surface area (Å²) in [5, 5.41) is 0.296. The van der Waals surface area contributed by atoms with Gasteiger partial charge in [-0.25, -0.2) is 0 Å². The van der Waals surface area contributed by atoms with Crippen molar-refractivity contribution >= 4 is 13.9 Å². The van der Waals surface area contributed by atoms with Gasteiger partial charge in [0.1, 0.15) is 13.9 Å². The lowest BCUT2D eigenvalue weighted by Gasteiger charge is -2.31. The van der Waals surface area contributed by atoms with Gasteiger partial charge in [-0.15, -0.1) is 11.5 Å². The van der Waals surface area contributed by atoms with Crippen molar-refractivity contribution in [2.24, 2.45) is 5.92 Å². The van der Waals surface area contributed by atoms with Crippen molar-refractivity contribution in [3.8, 4) is 11.5 Å². The van der Waals surface area contributed by atoms with Crippen molar-refractivity contribution in [2.75, 3.05) is 0 Å². The summed E-state index contributed by atoms with van der Waals surface area (Å²) in [5.74, 6) is 3.99. The van der Waals surface area contributed by atoms with Crippen molar-refractivity contribution < 1.29 is 4.79 Å². The van der Waals surface area contributed by atoms with E-state index in [2.05, 4.69) is 52.3 Å². The lowest BCUT2D eigenvalue weighted by atomic mass is 9.97. The summed E-state index contributed by atoms with van der Waals surface area (Å²) >= 11 is 0. The first-order chi connectivity index (χ1) is 8.60. The number of rotatable bonds is 6. The molecule has 1 nitrogen and oxygen atoms in total. The predicted molar refractivity (Wildman–Crippen MR) is 87.9 cm³/mol. The van der Waals surface area contributed by atoms with E-state index in [0.717, 1.165) is 6.42 Å². The number of hydrogen-bond donors (Lipinski definition) is 0. The molecule has 0 radical (unpaired) electrons. The van der Waals surface area contributed by atoms with E-state index in [1.807, 2.05) is 0 Å². The first-order valence-electron chi connectivity index (χ1n) is 7.62. The Labute approximate surface area is 121 Å². The average Bonchev–Trinajstić information content (AvgIpc) is 2.23. The maximum atomic E-state index is 11.4. The van der Waals surface area contributed by atoms with Crippen LogP contribution in [0.3, 0.4) is 0 Å². The summed E-state index contributed by atoms with van der Waals surface area (Å²) in [5.41, 5.74) is 3.57. The molecule has 0 heterocycles. The van der Waals surface area contributed by atoms with Crippen molar-refractivity contribution in [3.05, 3.63) is 0 Å². The van der Waals surface area contributed by atoms with Crippen molar-refractivity contribution in [1.29, 1.82) is 0 Å². The molecule has 2 heteroatoms. The van der Waals surface area contributed by atoms with E-state index in [1.54, 1.807) is 6.92 Å². The lowest BCUT2D eigenvalue weighted by Crippen LogP contribution is -2.35. The molecular formula is C17H32OSi. The maximum Gasteiger partial charge on any atom is 0.137 e. The van der Waals surface area contributed by atoms with Crippen LogP contribution in [0.15, 0.2) is 0 Å². The Morgan fingerprint density at radius 1 is 1.21 bits per heavy atom. The molecule has 0 aromatic carbocycles. The van der Waals surface area contributed by atoms with Gasteiger partial charge in [0.15, 0.2) is 0 Å². The third-order valence-corrected chi connectivity index (χ3v) is 8.67. The first kappa shape index (κ1) is 18.4. The molecule has 0 N–H and O–H groups in total. The summed E-state index contributed by atoms with van der Waals surface area (Å²) in [6.45, 7) is 15.4. The minimum atomic E-state index is -1.54. The number of ketones is 1. The SMILES string of the molecule is CCCCC[C@H](C#C[Si](C)(C)C(C)(C)C)CC(C)=O. The minimum absolute atomic E-state index is 0.269. The molecule has 0 aromatic heterocycles. The number of hydrogen-bond acceptors (Lipinski definition) is 1. The first-order valence-corrected chi connectivity index (χ1v) is 10.6. The van der Waals surface area contributed by atoms with E-state index in [0.29, 0.717) is 11.5 Å². The summed E-state index contributed by atoms with van der Waals surface area (Å²) in [6, 6.07) is 0. The molecule has 110 valence electrons. The number of unbranched alkanes of at least 4 members (excludes halogenated alkanes) is 2. The van der Waals surface area contributed by atoms with E-state index in [9.17, 15) is 4.79 Å². The van der Waals surface area contributed by atoms with Crippen LogP contribution in [0.4, 0.5) is 0 Å². The quantitative estimate of drug-likeness (QED) is 0.371. The van der Waals surface area contributed by atoms with Crippen LogP contribution in [-0.2, 0) is 4.79 Å². The minimum Gasteiger partial charge on any atom is -0.300 e. The van der Waals surface area contributed by atoms with Crippen LogP contribution < -0.4 is 0 Å². The van der Waals surface area contributed by atoms with Gasteiger partial charge in [-0.05, 0) is 18.4 Å². The molecule has 0 saturated heterocycles. The van der Waals surface area contributed by atoms with Crippen LogP contribution >= 0.6 is 0 Å². The highest BCUT2D eigenvalue weighted by atomic mass is 28.3. The highest BCUT2D eigenvalue weighted by Crippen LogP contribution is 2.35. The molecule has 0 saturated carbocycles. The summed E-state index contributed by atoms with van der Waals surface area (Å²) in [7, 11) is -1.54. The standard InChI is InChI=1S/C17H32OSi/c1-8-9-10-11-16(14-15(2)18)12-13-19(6,7)17(3,4)5/h16H,8-11,14H2,1-7H3/t16-/m1/s1. The van der Waals surface area contributed by atoms with Crippen molar-refractivity contribution in [1.82, 2.24) is 0 Å². The maximum absolute atomic E-state index is 11.4. The molecule has 0 aromatic rings. The van der Waals surface area contributed by atoms with Crippen LogP contribution in [0.25, 0.3) is 0 Å².